The Morgan fingerprint density at radius 3 is 2.41 bits per heavy atom. The van der Waals surface area contributed by atoms with Gasteiger partial charge in [0.15, 0.2) is 5.78 Å². The summed E-state index contributed by atoms with van der Waals surface area (Å²) in [5, 5.41) is 0. The quantitative estimate of drug-likeness (QED) is 0.535. The zero-order chi connectivity index (χ0) is 15.4. The molecule has 1 heterocycles. The van der Waals surface area contributed by atoms with Gasteiger partial charge >= 0.3 is 0 Å². The van der Waals surface area contributed by atoms with Gasteiger partial charge in [0.25, 0.3) is 0 Å². The van der Waals surface area contributed by atoms with E-state index in [1.807, 2.05) is 72.3 Å². The van der Waals surface area contributed by atoms with Crippen LogP contribution in [0.15, 0.2) is 73.3 Å². The molecule has 0 aliphatic rings. The molecule has 108 valence electrons. The van der Waals surface area contributed by atoms with E-state index < -0.39 is 0 Å². The molecule has 0 N–H and O–H groups in total. The predicted octanol–water partition coefficient (Wildman–Crippen LogP) is 4.08. The van der Waals surface area contributed by atoms with E-state index in [1.54, 1.807) is 18.6 Å². The topological polar surface area (TPSA) is 34.9 Å². The molecular formula is C19H16N2O. The second kappa shape index (κ2) is 6.22. The lowest BCUT2D eigenvalue weighted by Crippen LogP contribution is -1.96. The van der Waals surface area contributed by atoms with Crippen LogP contribution in [-0.2, 0) is 0 Å². The van der Waals surface area contributed by atoms with Crippen molar-refractivity contribution < 1.29 is 4.79 Å². The van der Waals surface area contributed by atoms with Crippen molar-refractivity contribution in [2.75, 3.05) is 0 Å². The number of aromatic nitrogens is 2. The van der Waals surface area contributed by atoms with Crippen molar-refractivity contribution in [3.05, 3.63) is 90.0 Å². The van der Waals surface area contributed by atoms with E-state index in [2.05, 4.69) is 4.98 Å². The number of allylic oxidation sites excluding steroid dienone is 1. The van der Waals surface area contributed by atoms with Gasteiger partial charge in [0.2, 0.25) is 0 Å². The van der Waals surface area contributed by atoms with E-state index in [0.29, 0.717) is 5.56 Å². The smallest absolute Gasteiger partial charge is 0.185 e. The Hall–Kier alpha value is -2.94. The number of carbonyl (C=O) groups excluding carboxylic acids is 1. The minimum absolute atomic E-state index is 0.00208. The van der Waals surface area contributed by atoms with Crippen molar-refractivity contribution >= 4 is 11.9 Å². The number of carbonyl (C=O) groups is 1. The summed E-state index contributed by atoms with van der Waals surface area (Å²) in [7, 11) is 0. The summed E-state index contributed by atoms with van der Waals surface area (Å²) in [6, 6.07) is 15.5. The summed E-state index contributed by atoms with van der Waals surface area (Å²) >= 11 is 0. The first-order valence-electron chi connectivity index (χ1n) is 7.10. The van der Waals surface area contributed by atoms with Gasteiger partial charge in [-0.2, -0.15) is 0 Å². The molecule has 0 spiro atoms. The molecule has 0 aliphatic heterocycles. The summed E-state index contributed by atoms with van der Waals surface area (Å²) < 4.78 is 1.90. The molecule has 3 aromatic rings. The second-order valence-electron chi connectivity index (χ2n) is 5.13. The number of ketones is 1. The minimum atomic E-state index is -0.00208. The number of benzene rings is 2. The highest BCUT2D eigenvalue weighted by atomic mass is 16.1. The van der Waals surface area contributed by atoms with Crippen LogP contribution in [0.2, 0.25) is 0 Å². The van der Waals surface area contributed by atoms with E-state index in [9.17, 15) is 4.79 Å². The van der Waals surface area contributed by atoms with Crippen LogP contribution in [0.1, 0.15) is 21.5 Å². The number of hydrogen-bond acceptors (Lipinski definition) is 2. The zero-order valence-electron chi connectivity index (χ0n) is 12.3. The number of nitrogens with zero attached hydrogens (tertiary/aromatic N) is 2. The van der Waals surface area contributed by atoms with Crippen LogP contribution < -0.4 is 0 Å². The molecule has 0 saturated heterocycles. The average Bonchev–Trinajstić information content (AvgIpc) is 3.09. The lowest BCUT2D eigenvalue weighted by atomic mass is 10.1. The fourth-order valence-electron chi connectivity index (χ4n) is 2.16. The molecule has 0 bridgehead atoms. The number of rotatable bonds is 4. The molecule has 0 aliphatic carbocycles. The molecule has 3 nitrogen and oxygen atoms in total. The zero-order valence-corrected chi connectivity index (χ0v) is 12.3. The molecule has 0 atom stereocenters. The summed E-state index contributed by atoms with van der Waals surface area (Å²) in [5.41, 5.74) is 3.89. The largest absolute Gasteiger partial charge is 0.306 e. The second-order valence-corrected chi connectivity index (χ2v) is 5.13. The highest BCUT2D eigenvalue weighted by molar-refractivity contribution is 6.06. The highest BCUT2D eigenvalue weighted by Gasteiger charge is 2.02. The van der Waals surface area contributed by atoms with Crippen molar-refractivity contribution in [1.82, 2.24) is 9.55 Å². The normalized spacial score (nSPS) is 11.0. The minimum Gasteiger partial charge on any atom is -0.306 e. The van der Waals surface area contributed by atoms with E-state index in [0.717, 1.165) is 11.3 Å². The van der Waals surface area contributed by atoms with Crippen LogP contribution in [0.5, 0.6) is 0 Å². The Labute approximate surface area is 129 Å². The monoisotopic (exact) mass is 288 g/mol. The van der Waals surface area contributed by atoms with Gasteiger partial charge in [0, 0.05) is 23.6 Å². The summed E-state index contributed by atoms with van der Waals surface area (Å²) in [5.74, 6) is -0.00208. The van der Waals surface area contributed by atoms with Crippen LogP contribution in [-0.4, -0.2) is 15.3 Å². The van der Waals surface area contributed by atoms with E-state index >= 15 is 0 Å². The molecule has 0 unspecified atom stereocenters. The van der Waals surface area contributed by atoms with Gasteiger partial charge < -0.3 is 4.57 Å². The first kappa shape index (κ1) is 14.0. The predicted molar refractivity (Wildman–Crippen MR) is 88.1 cm³/mol. The van der Waals surface area contributed by atoms with Crippen molar-refractivity contribution in [1.29, 1.82) is 0 Å². The Bertz CT molecular complexity index is 782. The Morgan fingerprint density at radius 1 is 1.05 bits per heavy atom. The Balaban J connectivity index is 1.73. The number of aryl methyl sites for hydroxylation is 1. The molecule has 0 radical (unpaired) electrons. The number of imidazole rings is 1. The van der Waals surface area contributed by atoms with Crippen LogP contribution in [0.4, 0.5) is 0 Å². The van der Waals surface area contributed by atoms with Gasteiger partial charge in [-0.05, 0) is 42.8 Å². The van der Waals surface area contributed by atoms with Gasteiger partial charge in [0.05, 0.1) is 6.33 Å². The standard InChI is InChI=1S/C19H16N2O/c1-15-2-4-16(5-3-15)6-11-19(22)17-7-9-18(10-8-17)21-13-12-20-14-21/h2-14H,1H3/b11-6+. The lowest BCUT2D eigenvalue weighted by Gasteiger charge is -2.02. The fourth-order valence-corrected chi connectivity index (χ4v) is 2.16. The molecule has 3 rings (SSSR count). The van der Waals surface area contributed by atoms with Crippen molar-refractivity contribution in [3.63, 3.8) is 0 Å². The van der Waals surface area contributed by atoms with E-state index in [-0.39, 0.29) is 5.78 Å². The van der Waals surface area contributed by atoms with E-state index in [1.165, 1.54) is 5.56 Å². The lowest BCUT2D eigenvalue weighted by molar-refractivity contribution is 0.104. The average molecular weight is 288 g/mol. The van der Waals surface area contributed by atoms with Gasteiger partial charge in [0.1, 0.15) is 0 Å². The molecule has 1 aromatic heterocycles. The summed E-state index contributed by atoms with van der Waals surface area (Å²) in [6.07, 6.45) is 8.77. The van der Waals surface area contributed by atoms with E-state index in [4.69, 9.17) is 0 Å². The third kappa shape index (κ3) is 3.20. The van der Waals surface area contributed by atoms with Crippen molar-refractivity contribution in [3.8, 4) is 5.69 Å². The van der Waals surface area contributed by atoms with Gasteiger partial charge in [-0.15, -0.1) is 0 Å². The van der Waals surface area contributed by atoms with Crippen LogP contribution in [0.25, 0.3) is 11.8 Å². The van der Waals surface area contributed by atoms with Crippen LogP contribution in [0, 0.1) is 6.92 Å². The van der Waals surface area contributed by atoms with Gasteiger partial charge in [-0.3, -0.25) is 4.79 Å². The first-order valence-corrected chi connectivity index (χ1v) is 7.10. The number of hydrogen-bond donors (Lipinski definition) is 0. The Kier molecular flexibility index (Phi) is 3.97. The molecule has 3 heteroatoms. The van der Waals surface area contributed by atoms with Gasteiger partial charge in [-0.1, -0.05) is 35.9 Å². The SMILES string of the molecule is Cc1ccc(/C=C/C(=O)c2ccc(-n3ccnc3)cc2)cc1. The molecule has 22 heavy (non-hydrogen) atoms. The maximum absolute atomic E-state index is 12.2. The van der Waals surface area contributed by atoms with Crippen LogP contribution in [0.3, 0.4) is 0 Å². The third-order valence-electron chi connectivity index (χ3n) is 3.46. The van der Waals surface area contributed by atoms with Crippen molar-refractivity contribution in [2.45, 2.75) is 6.92 Å². The maximum Gasteiger partial charge on any atom is 0.185 e. The summed E-state index contributed by atoms with van der Waals surface area (Å²) in [4.78, 5) is 16.2. The fraction of sp³-hybridized carbons (Fsp3) is 0.0526. The highest BCUT2D eigenvalue weighted by Crippen LogP contribution is 2.11. The molecule has 2 aromatic carbocycles. The summed E-state index contributed by atoms with van der Waals surface area (Å²) in [6.45, 7) is 2.04. The third-order valence-corrected chi connectivity index (χ3v) is 3.46. The Morgan fingerprint density at radius 2 is 1.77 bits per heavy atom. The molecule has 0 saturated carbocycles. The van der Waals surface area contributed by atoms with Gasteiger partial charge in [-0.25, -0.2) is 4.98 Å². The maximum atomic E-state index is 12.2. The van der Waals surface area contributed by atoms with Crippen molar-refractivity contribution in [2.24, 2.45) is 0 Å². The van der Waals surface area contributed by atoms with Crippen LogP contribution >= 0.6 is 0 Å². The first-order chi connectivity index (χ1) is 10.7. The molecule has 0 amide bonds. The molecule has 0 fully saturated rings. The molecular weight excluding hydrogens is 272 g/mol.